The number of hydrogen-bond acceptors (Lipinski definition) is 0. The van der Waals surface area contributed by atoms with Crippen molar-refractivity contribution >= 4 is 0 Å². The van der Waals surface area contributed by atoms with Crippen molar-refractivity contribution in [1.29, 1.82) is 0 Å². The molecule has 0 nitrogen and oxygen atoms in total. The van der Waals surface area contributed by atoms with Gasteiger partial charge < -0.3 is 0 Å². The highest BCUT2D eigenvalue weighted by Gasteiger charge is 2.41. The van der Waals surface area contributed by atoms with Crippen LogP contribution in [0.25, 0.3) is 0 Å². The van der Waals surface area contributed by atoms with Gasteiger partial charge in [0.2, 0.25) is 0 Å². The predicted molar refractivity (Wildman–Crippen MR) is 57.5 cm³/mol. The van der Waals surface area contributed by atoms with Crippen molar-refractivity contribution in [3.8, 4) is 0 Å². The van der Waals surface area contributed by atoms with Gasteiger partial charge in [-0.1, -0.05) is 25.5 Å². The van der Waals surface area contributed by atoms with E-state index in [0.29, 0.717) is 0 Å². The molecule has 0 radical (unpaired) electrons. The fourth-order valence-corrected chi connectivity index (χ4v) is 3.63. The van der Waals surface area contributed by atoms with Gasteiger partial charge in [-0.25, -0.2) is 0 Å². The number of rotatable bonds is 0. The van der Waals surface area contributed by atoms with E-state index in [1.54, 1.807) is 5.57 Å². The average molecular weight is 178 g/mol. The monoisotopic (exact) mass is 178 g/mol. The molecule has 0 aromatic rings. The molecular weight excluding hydrogens is 156 g/mol. The summed E-state index contributed by atoms with van der Waals surface area (Å²) in [4.78, 5) is 0. The van der Waals surface area contributed by atoms with Crippen LogP contribution in [0.3, 0.4) is 0 Å². The summed E-state index contributed by atoms with van der Waals surface area (Å²) >= 11 is 0. The van der Waals surface area contributed by atoms with Gasteiger partial charge in [0.15, 0.2) is 0 Å². The highest BCUT2D eigenvalue weighted by atomic mass is 14.5. The van der Waals surface area contributed by atoms with Crippen molar-refractivity contribution in [1.82, 2.24) is 0 Å². The Hall–Kier alpha value is -0.260. The highest BCUT2D eigenvalue weighted by molar-refractivity contribution is 5.14. The van der Waals surface area contributed by atoms with E-state index >= 15 is 0 Å². The van der Waals surface area contributed by atoms with E-state index in [2.05, 4.69) is 26.8 Å². The van der Waals surface area contributed by atoms with Crippen LogP contribution in [-0.4, -0.2) is 0 Å². The summed E-state index contributed by atoms with van der Waals surface area (Å²) in [5, 5.41) is 0. The van der Waals surface area contributed by atoms with E-state index in [1.165, 1.54) is 25.7 Å². The minimum Gasteiger partial charge on any atom is -0.0882 e. The lowest BCUT2D eigenvalue weighted by Gasteiger charge is -2.31. The summed E-state index contributed by atoms with van der Waals surface area (Å²) in [6.45, 7) is 7.13. The lowest BCUT2D eigenvalue weighted by Crippen LogP contribution is -2.20. The molecular formula is C13H22. The molecule has 2 rings (SSSR count). The SMILES string of the molecule is C/C=C1/CCCC2CC(C)C(C)C12. The summed E-state index contributed by atoms with van der Waals surface area (Å²) in [6.07, 6.45) is 8.21. The summed E-state index contributed by atoms with van der Waals surface area (Å²) < 4.78 is 0. The molecule has 2 fully saturated rings. The fraction of sp³-hybridized carbons (Fsp3) is 0.846. The number of hydrogen-bond donors (Lipinski definition) is 0. The Morgan fingerprint density at radius 3 is 2.77 bits per heavy atom. The molecule has 13 heavy (non-hydrogen) atoms. The van der Waals surface area contributed by atoms with Gasteiger partial charge in [0.1, 0.15) is 0 Å². The Bertz CT molecular complexity index is 214. The van der Waals surface area contributed by atoms with Gasteiger partial charge >= 0.3 is 0 Å². The summed E-state index contributed by atoms with van der Waals surface area (Å²) in [7, 11) is 0. The van der Waals surface area contributed by atoms with E-state index in [-0.39, 0.29) is 0 Å². The van der Waals surface area contributed by atoms with Gasteiger partial charge in [0, 0.05) is 0 Å². The van der Waals surface area contributed by atoms with Crippen molar-refractivity contribution in [3.05, 3.63) is 11.6 Å². The van der Waals surface area contributed by atoms with Crippen molar-refractivity contribution in [2.75, 3.05) is 0 Å². The lowest BCUT2D eigenvalue weighted by molar-refractivity contribution is 0.302. The van der Waals surface area contributed by atoms with E-state index in [0.717, 1.165) is 23.7 Å². The molecule has 0 amide bonds. The van der Waals surface area contributed by atoms with Crippen molar-refractivity contribution in [2.24, 2.45) is 23.7 Å². The molecule has 0 aliphatic heterocycles. The minimum absolute atomic E-state index is 0.941. The standard InChI is InChI=1S/C13H22/c1-4-11-6-5-7-12-8-9(2)10(3)13(11)12/h4,9-10,12-13H,5-8H2,1-3H3/b11-4-. The zero-order valence-corrected chi connectivity index (χ0v) is 9.22. The molecule has 0 aromatic carbocycles. The van der Waals surface area contributed by atoms with Gasteiger partial charge in [-0.2, -0.15) is 0 Å². The maximum atomic E-state index is 2.46. The molecule has 2 aliphatic carbocycles. The van der Waals surface area contributed by atoms with Crippen molar-refractivity contribution < 1.29 is 0 Å². The van der Waals surface area contributed by atoms with Gasteiger partial charge in [-0.15, -0.1) is 0 Å². The number of allylic oxidation sites excluding steroid dienone is 2. The van der Waals surface area contributed by atoms with Crippen LogP contribution in [0.2, 0.25) is 0 Å². The normalized spacial score (nSPS) is 48.1. The third kappa shape index (κ3) is 1.45. The van der Waals surface area contributed by atoms with E-state index < -0.39 is 0 Å². The first-order chi connectivity index (χ1) is 6.24. The first-order valence-electron chi connectivity index (χ1n) is 5.89. The Morgan fingerprint density at radius 1 is 1.31 bits per heavy atom. The second-order valence-electron chi connectivity index (χ2n) is 5.11. The van der Waals surface area contributed by atoms with Crippen LogP contribution in [-0.2, 0) is 0 Å². The molecule has 0 saturated heterocycles. The minimum atomic E-state index is 0.941. The topological polar surface area (TPSA) is 0 Å². The Balaban J connectivity index is 2.21. The van der Waals surface area contributed by atoms with Crippen LogP contribution in [0.5, 0.6) is 0 Å². The van der Waals surface area contributed by atoms with Crippen molar-refractivity contribution in [2.45, 2.75) is 46.5 Å². The van der Waals surface area contributed by atoms with Crippen LogP contribution in [0.1, 0.15) is 46.5 Å². The third-order valence-electron chi connectivity index (χ3n) is 4.49. The molecule has 0 heteroatoms. The first-order valence-corrected chi connectivity index (χ1v) is 5.89. The van der Waals surface area contributed by atoms with Gasteiger partial charge in [-0.3, -0.25) is 0 Å². The quantitative estimate of drug-likeness (QED) is 0.491. The Morgan fingerprint density at radius 2 is 2.08 bits per heavy atom. The second-order valence-corrected chi connectivity index (χ2v) is 5.11. The summed E-state index contributed by atoms with van der Waals surface area (Å²) in [6, 6.07) is 0. The Kier molecular flexibility index (Phi) is 2.49. The van der Waals surface area contributed by atoms with Crippen LogP contribution in [0.15, 0.2) is 11.6 Å². The average Bonchev–Trinajstić information content (AvgIpc) is 2.43. The van der Waals surface area contributed by atoms with E-state index in [9.17, 15) is 0 Å². The second kappa shape index (κ2) is 3.48. The van der Waals surface area contributed by atoms with Gasteiger partial charge in [-0.05, 0) is 56.3 Å². The largest absolute Gasteiger partial charge is 0.0882 e. The van der Waals surface area contributed by atoms with Crippen LogP contribution < -0.4 is 0 Å². The van der Waals surface area contributed by atoms with Crippen LogP contribution in [0, 0.1) is 23.7 Å². The van der Waals surface area contributed by atoms with E-state index in [1.807, 2.05) is 0 Å². The first kappa shape index (κ1) is 9.30. The smallest absolute Gasteiger partial charge is 0.0147 e. The van der Waals surface area contributed by atoms with E-state index in [4.69, 9.17) is 0 Å². The third-order valence-corrected chi connectivity index (χ3v) is 4.49. The molecule has 2 aliphatic rings. The number of fused-ring (bicyclic) bond motifs is 1. The maximum Gasteiger partial charge on any atom is -0.0147 e. The fourth-order valence-electron chi connectivity index (χ4n) is 3.63. The highest BCUT2D eigenvalue weighted by Crippen LogP contribution is 2.50. The molecule has 0 bridgehead atoms. The molecule has 0 N–H and O–H groups in total. The predicted octanol–water partition coefficient (Wildman–Crippen LogP) is 4.02. The Labute approximate surface area is 82.4 Å². The molecule has 4 atom stereocenters. The van der Waals surface area contributed by atoms with Gasteiger partial charge in [0.05, 0.1) is 0 Å². The zero-order valence-electron chi connectivity index (χ0n) is 9.22. The lowest BCUT2D eigenvalue weighted by atomic mass is 9.74. The van der Waals surface area contributed by atoms with Crippen LogP contribution >= 0.6 is 0 Å². The molecule has 2 saturated carbocycles. The summed E-state index contributed by atoms with van der Waals surface area (Å²) in [5.74, 6) is 3.89. The molecule has 0 aromatic heterocycles. The molecule has 74 valence electrons. The molecule has 4 unspecified atom stereocenters. The van der Waals surface area contributed by atoms with Crippen molar-refractivity contribution in [3.63, 3.8) is 0 Å². The molecule has 0 spiro atoms. The van der Waals surface area contributed by atoms with Crippen LogP contribution in [0.4, 0.5) is 0 Å². The maximum absolute atomic E-state index is 2.46. The zero-order chi connectivity index (χ0) is 9.42. The van der Waals surface area contributed by atoms with Gasteiger partial charge in [0.25, 0.3) is 0 Å². The molecule has 0 heterocycles. The summed E-state index contributed by atoms with van der Waals surface area (Å²) in [5.41, 5.74) is 1.77.